The largest absolute Gasteiger partial charge is 0.416 e. The Morgan fingerprint density at radius 2 is 1.58 bits per heavy atom. The Hall–Kier alpha value is -2.38. The second-order valence-corrected chi connectivity index (χ2v) is 6.02. The third-order valence-corrected chi connectivity index (χ3v) is 3.86. The van der Waals surface area contributed by atoms with Gasteiger partial charge in [-0.25, -0.2) is 14.4 Å². The van der Waals surface area contributed by atoms with Crippen LogP contribution in [0.5, 0.6) is 0 Å². The Bertz CT molecular complexity index is 944. The lowest BCUT2D eigenvalue weighted by molar-refractivity contribution is -0.137. The van der Waals surface area contributed by atoms with Crippen LogP contribution < -0.4 is 5.32 Å². The maximum Gasteiger partial charge on any atom is 0.416 e. The molecule has 0 aliphatic heterocycles. The van der Waals surface area contributed by atoms with Crippen LogP contribution in [-0.2, 0) is 6.18 Å². The molecule has 26 heavy (non-hydrogen) atoms. The minimum absolute atomic E-state index is 0.0262. The number of hydrogen-bond acceptors (Lipinski definition) is 3. The van der Waals surface area contributed by atoms with Crippen LogP contribution in [0.15, 0.2) is 48.5 Å². The smallest absolute Gasteiger partial charge is 0.340 e. The number of rotatable bonds is 3. The summed E-state index contributed by atoms with van der Waals surface area (Å²) in [5, 5.41) is 2.89. The summed E-state index contributed by atoms with van der Waals surface area (Å²) in [6.45, 7) is 0. The minimum Gasteiger partial charge on any atom is -0.340 e. The Morgan fingerprint density at radius 1 is 0.885 bits per heavy atom. The Balaban J connectivity index is 1.91. The number of halogens is 6. The minimum atomic E-state index is -4.43. The van der Waals surface area contributed by atoms with Crippen molar-refractivity contribution in [2.75, 3.05) is 5.32 Å². The average Bonchev–Trinajstić information content (AvgIpc) is 2.57. The van der Waals surface area contributed by atoms with Crippen molar-refractivity contribution < 1.29 is 17.6 Å². The van der Waals surface area contributed by atoms with E-state index in [-0.39, 0.29) is 21.8 Å². The second-order valence-electron chi connectivity index (χ2n) is 5.23. The Labute approximate surface area is 155 Å². The van der Waals surface area contributed by atoms with Gasteiger partial charge < -0.3 is 5.32 Å². The quantitative estimate of drug-likeness (QED) is 0.410. The third kappa shape index (κ3) is 4.23. The lowest BCUT2D eigenvalue weighted by Gasteiger charge is -2.10. The molecule has 0 bridgehead atoms. The van der Waals surface area contributed by atoms with Crippen LogP contribution in [0, 0.1) is 5.82 Å². The zero-order valence-corrected chi connectivity index (χ0v) is 14.3. The van der Waals surface area contributed by atoms with Gasteiger partial charge in [-0.2, -0.15) is 13.2 Å². The van der Waals surface area contributed by atoms with Crippen LogP contribution in [-0.4, -0.2) is 9.97 Å². The first-order valence-electron chi connectivity index (χ1n) is 7.17. The lowest BCUT2D eigenvalue weighted by atomic mass is 10.1. The molecule has 2 aromatic carbocycles. The standard InChI is InChI=1S/C17H9Cl2F4N3/c18-12-6-5-11(7-13(12)20)24-15-8-14(19)25-16(26-15)9-1-3-10(4-2-9)17(21,22)23/h1-8H,(H,24,25,26). The first-order chi connectivity index (χ1) is 12.2. The number of hydrogen-bond donors (Lipinski definition) is 1. The van der Waals surface area contributed by atoms with Gasteiger partial charge in [0.05, 0.1) is 10.6 Å². The van der Waals surface area contributed by atoms with Crippen LogP contribution in [0.4, 0.5) is 29.1 Å². The molecule has 3 nitrogen and oxygen atoms in total. The second kappa shape index (κ2) is 7.09. The van der Waals surface area contributed by atoms with Crippen LogP contribution in [0.2, 0.25) is 10.2 Å². The van der Waals surface area contributed by atoms with E-state index in [1.54, 1.807) is 6.07 Å². The van der Waals surface area contributed by atoms with Gasteiger partial charge in [0.15, 0.2) is 5.82 Å². The molecular formula is C17H9Cl2F4N3. The summed E-state index contributed by atoms with van der Waals surface area (Å²) < 4.78 is 51.5. The summed E-state index contributed by atoms with van der Waals surface area (Å²) >= 11 is 11.6. The number of anilines is 2. The maximum atomic E-state index is 13.5. The number of nitrogens with zero attached hydrogens (tertiary/aromatic N) is 2. The predicted octanol–water partition coefficient (Wildman–Crippen LogP) is 6.35. The van der Waals surface area contributed by atoms with Crippen LogP contribution in [0.25, 0.3) is 11.4 Å². The molecule has 0 saturated heterocycles. The van der Waals surface area contributed by atoms with Gasteiger partial charge in [-0.3, -0.25) is 0 Å². The summed E-state index contributed by atoms with van der Waals surface area (Å²) in [6.07, 6.45) is -4.43. The highest BCUT2D eigenvalue weighted by Crippen LogP contribution is 2.31. The van der Waals surface area contributed by atoms with Gasteiger partial charge in [0.25, 0.3) is 0 Å². The zero-order chi connectivity index (χ0) is 18.9. The molecule has 3 aromatic rings. The van der Waals surface area contributed by atoms with E-state index >= 15 is 0 Å². The van der Waals surface area contributed by atoms with Crippen LogP contribution in [0.3, 0.4) is 0 Å². The molecule has 1 heterocycles. The molecule has 1 N–H and O–H groups in total. The van der Waals surface area contributed by atoms with Gasteiger partial charge in [-0.1, -0.05) is 35.3 Å². The van der Waals surface area contributed by atoms with Crippen molar-refractivity contribution in [3.05, 3.63) is 70.1 Å². The van der Waals surface area contributed by atoms with Crippen molar-refractivity contribution in [3.63, 3.8) is 0 Å². The topological polar surface area (TPSA) is 37.8 Å². The highest BCUT2D eigenvalue weighted by atomic mass is 35.5. The van der Waals surface area contributed by atoms with Crippen LogP contribution >= 0.6 is 23.2 Å². The average molecular weight is 402 g/mol. The third-order valence-electron chi connectivity index (χ3n) is 3.36. The van der Waals surface area contributed by atoms with Gasteiger partial charge in [-0.15, -0.1) is 0 Å². The van der Waals surface area contributed by atoms with Gasteiger partial charge in [-0.05, 0) is 30.3 Å². The first-order valence-corrected chi connectivity index (χ1v) is 7.92. The molecule has 3 rings (SSSR count). The molecule has 134 valence electrons. The summed E-state index contributed by atoms with van der Waals surface area (Å²) in [4.78, 5) is 8.21. The summed E-state index contributed by atoms with van der Waals surface area (Å²) in [6, 6.07) is 9.86. The lowest BCUT2D eigenvalue weighted by Crippen LogP contribution is -2.04. The number of alkyl halides is 3. The molecule has 1 aromatic heterocycles. The molecule has 0 atom stereocenters. The van der Waals surface area contributed by atoms with Crippen molar-refractivity contribution >= 4 is 34.7 Å². The van der Waals surface area contributed by atoms with Crippen molar-refractivity contribution in [2.24, 2.45) is 0 Å². The fourth-order valence-electron chi connectivity index (χ4n) is 2.14. The van der Waals surface area contributed by atoms with Gasteiger partial charge in [0.1, 0.15) is 16.8 Å². The molecular weight excluding hydrogens is 393 g/mol. The van der Waals surface area contributed by atoms with Gasteiger partial charge >= 0.3 is 6.18 Å². The Kier molecular flexibility index (Phi) is 5.02. The van der Waals surface area contributed by atoms with E-state index in [2.05, 4.69) is 15.3 Å². The zero-order valence-electron chi connectivity index (χ0n) is 12.8. The van der Waals surface area contributed by atoms with E-state index in [0.717, 1.165) is 12.1 Å². The van der Waals surface area contributed by atoms with Crippen molar-refractivity contribution in [1.82, 2.24) is 9.97 Å². The van der Waals surface area contributed by atoms with E-state index in [9.17, 15) is 17.6 Å². The maximum absolute atomic E-state index is 13.5. The van der Waals surface area contributed by atoms with E-state index < -0.39 is 17.6 Å². The molecule has 0 saturated carbocycles. The Morgan fingerprint density at radius 3 is 2.19 bits per heavy atom. The van der Waals surface area contributed by atoms with E-state index in [0.29, 0.717) is 11.3 Å². The molecule has 0 radical (unpaired) electrons. The normalized spacial score (nSPS) is 11.5. The van der Waals surface area contributed by atoms with E-state index in [4.69, 9.17) is 23.2 Å². The molecule has 0 spiro atoms. The van der Waals surface area contributed by atoms with Crippen molar-refractivity contribution in [1.29, 1.82) is 0 Å². The van der Waals surface area contributed by atoms with Gasteiger partial charge in [0, 0.05) is 17.3 Å². The summed E-state index contributed by atoms with van der Waals surface area (Å²) in [5.41, 5.74) is -0.0517. The number of aromatic nitrogens is 2. The van der Waals surface area contributed by atoms with Crippen molar-refractivity contribution in [2.45, 2.75) is 6.18 Å². The van der Waals surface area contributed by atoms with Gasteiger partial charge in [0.2, 0.25) is 0 Å². The molecule has 0 unspecified atom stereocenters. The van der Waals surface area contributed by atoms with E-state index in [1.165, 1.54) is 30.3 Å². The fraction of sp³-hybridized carbons (Fsp3) is 0.0588. The molecule has 0 fully saturated rings. The molecule has 0 aliphatic rings. The van der Waals surface area contributed by atoms with Crippen LogP contribution in [0.1, 0.15) is 5.56 Å². The molecule has 0 aliphatic carbocycles. The molecule has 9 heteroatoms. The SMILES string of the molecule is Fc1cc(Nc2cc(Cl)nc(-c3ccc(C(F)(F)F)cc3)n2)ccc1Cl. The fourth-order valence-corrected chi connectivity index (χ4v) is 2.44. The highest BCUT2D eigenvalue weighted by Gasteiger charge is 2.30. The predicted molar refractivity (Wildman–Crippen MR) is 92.2 cm³/mol. The number of benzene rings is 2. The highest BCUT2D eigenvalue weighted by molar-refractivity contribution is 6.30. The van der Waals surface area contributed by atoms with Crippen molar-refractivity contribution in [3.8, 4) is 11.4 Å². The molecule has 0 amide bonds. The first kappa shape index (κ1) is 18.4. The summed E-state index contributed by atoms with van der Waals surface area (Å²) in [7, 11) is 0. The summed E-state index contributed by atoms with van der Waals surface area (Å²) in [5.74, 6) is -0.232. The number of nitrogens with one attached hydrogen (secondary N) is 1. The van der Waals surface area contributed by atoms with E-state index in [1.807, 2.05) is 0 Å². The monoisotopic (exact) mass is 401 g/mol.